The summed E-state index contributed by atoms with van der Waals surface area (Å²) < 4.78 is 0. The molecule has 2 saturated carbocycles. The Morgan fingerprint density at radius 2 is 1.91 bits per heavy atom. The van der Waals surface area contributed by atoms with Crippen molar-refractivity contribution in [2.45, 2.75) is 58.4 Å². The predicted molar refractivity (Wildman–Crippen MR) is 122 cm³/mol. The molecule has 2 amide bonds. The number of hydrogen-bond donors (Lipinski definition) is 1. The van der Waals surface area contributed by atoms with E-state index in [-0.39, 0.29) is 5.91 Å². The fourth-order valence-corrected chi connectivity index (χ4v) is 5.47. The highest BCUT2D eigenvalue weighted by Crippen LogP contribution is 2.66. The Morgan fingerprint density at radius 3 is 2.56 bits per heavy atom. The molecule has 3 aliphatic rings. The first kappa shape index (κ1) is 21.1. The molecule has 0 unspecified atom stereocenters. The lowest BCUT2D eigenvalue weighted by molar-refractivity contribution is -0.135. The average molecular weight is 433 g/mol. The number of rotatable bonds is 6. The SMILES string of the molecule is Cc1ncc(C(=O)NCc2ccccc2)c(CC2CCN(C(=O)[C@@H]3CC34CCC4)CC2)n1. The number of piperidine rings is 1. The number of likely N-dealkylation sites (tertiary alicyclic amines) is 1. The molecule has 1 spiro atoms. The molecule has 1 N–H and O–H groups in total. The number of hydrogen-bond acceptors (Lipinski definition) is 4. The van der Waals surface area contributed by atoms with Crippen LogP contribution in [0.25, 0.3) is 0 Å². The van der Waals surface area contributed by atoms with Crippen LogP contribution in [-0.2, 0) is 17.8 Å². The number of carbonyl (C=O) groups excluding carboxylic acids is 2. The van der Waals surface area contributed by atoms with Crippen LogP contribution >= 0.6 is 0 Å². The van der Waals surface area contributed by atoms with E-state index < -0.39 is 0 Å². The molecule has 0 radical (unpaired) electrons. The summed E-state index contributed by atoms with van der Waals surface area (Å²) in [4.78, 5) is 36.7. The van der Waals surface area contributed by atoms with Crippen molar-refractivity contribution in [2.24, 2.45) is 17.3 Å². The van der Waals surface area contributed by atoms with Gasteiger partial charge in [-0.3, -0.25) is 9.59 Å². The summed E-state index contributed by atoms with van der Waals surface area (Å²) in [5.41, 5.74) is 2.85. The van der Waals surface area contributed by atoms with Gasteiger partial charge in [0.15, 0.2) is 0 Å². The first-order valence-corrected chi connectivity index (χ1v) is 12.0. The number of nitrogens with one attached hydrogen (secondary N) is 1. The number of aryl methyl sites for hydroxylation is 1. The van der Waals surface area contributed by atoms with E-state index in [9.17, 15) is 9.59 Å². The molecule has 1 aliphatic heterocycles. The second-order valence-corrected chi connectivity index (χ2v) is 9.89. The van der Waals surface area contributed by atoms with Gasteiger partial charge in [0.1, 0.15) is 5.82 Å². The standard InChI is InChI=1S/C26H32N4O2/c1-18-27-17-21(24(31)28-16-20-6-3-2-4-7-20)23(29-18)14-19-8-12-30(13-9-19)25(32)22-15-26(22)10-5-11-26/h2-4,6-7,17,19,22H,5,8-16H2,1H3,(H,28,31)/t22-/m0/s1. The maximum atomic E-state index is 12.9. The molecule has 1 saturated heterocycles. The van der Waals surface area contributed by atoms with Crippen molar-refractivity contribution < 1.29 is 9.59 Å². The van der Waals surface area contributed by atoms with Crippen LogP contribution in [0, 0.1) is 24.2 Å². The molecule has 5 rings (SSSR count). The van der Waals surface area contributed by atoms with Crippen LogP contribution in [0.1, 0.15) is 66.0 Å². The highest BCUT2D eigenvalue weighted by Gasteiger charge is 2.61. The third kappa shape index (κ3) is 4.27. The van der Waals surface area contributed by atoms with Crippen LogP contribution < -0.4 is 5.32 Å². The van der Waals surface area contributed by atoms with Gasteiger partial charge in [-0.25, -0.2) is 9.97 Å². The van der Waals surface area contributed by atoms with E-state index in [4.69, 9.17) is 0 Å². The fraction of sp³-hybridized carbons (Fsp3) is 0.538. The normalized spacial score (nSPS) is 21.8. The third-order valence-corrected chi connectivity index (χ3v) is 7.77. The molecule has 2 aromatic rings. The van der Waals surface area contributed by atoms with Crippen molar-refractivity contribution in [3.05, 3.63) is 59.2 Å². The summed E-state index contributed by atoms with van der Waals surface area (Å²) in [5, 5.41) is 3.00. The van der Waals surface area contributed by atoms with Crippen molar-refractivity contribution in [1.29, 1.82) is 0 Å². The van der Waals surface area contributed by atoms with E-state index in [1.807, 2.05) is 37.3 Å². The molecule has 0 bridgehead atoms. The Hall–Kier alpha value is -2.76. The molecule has 168 valence electrons. The Bertz CT molecular complexity index is 994. The van der Waals surface area contributed by atoms with E-state index in [0.29, 0.717) is 41.1 Å². The minimum Gasteiger partial charge on any atom is -0.348 e. The molecular formula is C26H32N4O2. The fourth-order valence-electron chi connectivity index (χ4n) is 5.47. The summed E-state index contributed by atoms with van der Waals surface area (Å²) in [6, 6.07) is 9.89. The monoisotopic (exact) mass is 432 g/mol. The lowest BCUT2D eigenvalue weighted by Gasteiger charge is -2.34. The van der Waals surface area contributed by atoms with Gasteiger partial charge in [-0.15, -0.1) is 0 Å². The van der Waals surface area contributed by atoms with E-state index in [1.165, 1.54) is 19.3 Å². The maximum absolute atomic E-state index is 12.9. The summed E-state index contributed by atoms with van der Waals surface area (Å²) >= 11 is 0. The van der Waals surface area contributed by atoms with Crippen LogP contribution in [0.4, 0.5) is 0 Å². The number of amides is 2. The van der Waals surface area contributed by atoms with E-state index in [2.05, 4.69) is 20.2 Å². The Morgan fingerprint density at radius 1 is 1.16 bits per heavy atom. The second-order valence-electron chi connectivity index (χ2n) is 9.89. The molecule has 1 aromatic carbocycles. The highest BCUT2D eigenvalue weighted by atomic mass is 16.2. The Labute approximate surface area is 189 Å². The molecule has 3 fully saturated rings. The number of carbonyl (C=O) groups is 2. The number of nitrogens with zero attached hydrogens (tertiary/aromatic N) is 3. The highest BCUT2D eigenvalue weighted by molar-refractivity contribution is 5.94. The van der Waals surface area contributed by atoms with Crippen molar-refractivity contribution in [2.75, 3.05) is 13.1 Å². The maximum Gasteiger partial charge on any atom is 0.254 e. The predicted octanol–water partition coefficient (Wildman–Crippen LogP) is 3.69. The molecule has 1 atom stereocenters. The third-order valence-electron chi connectivity index (χ3n) is 7.77. The van der Waals surface area contributed by atoms with Crippen molar-refractivity contribution >= 4 is 11.8 Å². The minimum atomic E-state index is -0.129. The van der Waals surface area contributed by atoms with Gasteiger partial charge in [-0.2, -0.15) is 0 Å². The summed E-state index contributed by atoms with van der Waals surface area (Å²) in [5.74, 6) is 1.69. The van der Waals surface area contributed by atoms with Gasteiger partial charge in [0, 0.05) is 31.7 Å². The van der Waals surface area contributed by atoms with Crippen molar-refractivity contribution in [3.63, 3.8) is 0 Å². The van der Waals surface area contributed by atoms with E-state index in [1.54, 1.807) is 6.20 Å². The molecule has 32 heavy (non-hydrogen) atoms. The first-order valence-electron chi connectivity index (χ1n) is 12.0. The van der Waals surface area contributed by atoms with Gasteiger partial charge in [0.2, 0.25) is 5.91 Å². The summed E-state index contributed by atoms with van der Waals surface area (Å²) in [7, 11) is 0. The Balaban J connectivity index is 1.18. The molecule has 1 aromatic heterocycles. The van der Waals surface area contributed by atoms with Gasteiger partial charge in [-0.05, 0) is 62.3 Å². The van der Waals surface area contributed by atoms with Crippen LogP contribution in [0.15, 0.2) is 36.5 Å². The van der Waals surface area contributed by atoms with Crippen molar-refractivity contribution in [1.82, 2.24) is 20.2 Å². The quantitative estimate of drug-likeness (QED) is 0.756. The molecule has 2 aliphatic carbocycles. The topological polar surface area (TPSA) is 75.2 Å². The summed E-state index contributed by atoms with van der Waals surface area (Å²) in [6.07, 6.45) is 9.27. The second kappa shape index (κ2) is 8.64. The zero-order chi connectivity index (χ0) is 22.1. The Kier molecular flexibility index (Phi) is 5.70. The molecule has 6 heteroatoms. The van der Waals surface area contributed by atoms with E-state index in [0.717, 1.165) is 50.0 Å². The van der Waals surface area contributed by atoms with Gasteiger partial charge < -0.3 is 10.2 Å². The smallest absolute Gasteiger partial charge is 0.254 e. The first-order chi connectivity index (χ1) is 15.5. The largest absolute Gasteiger partial charge is 0.348 e. The zero-order valence-electron chi connectivity index (χ0n) is 18.8. The average Bonchev–Trinajstić information content (AvgIpc) is 3.55. The van der Waals surface area contributed by atoms with Crippen molar-refractivity contribution in [3.8, 4) is 0 Å². The summed E-state index contributed by atoms with van der Waals surface area (Å²) in [6.45, 7) is 4.00. The van der Waals surface area contributed by atoms with Crippen LogP contribution in [0.5, 0.6) is 0 Å². The van der Waals surface area contributed by atoms with Gasteiger partial charge in [0.05, 0.1) is 11.3 Å². The lowest BCUT2D eigenvalue weighted by atomic mass is 9.79. The number of benzene rings is 1. The van der Waals surface area contributed by atoms with Crippen LogP contribution in [0.3, 0.4) is 0 Å². The van der Waals surface area contributed by atoms with Crippen LogP contribution in [0.2, 0.25) is 0 Å². The lowest BCUT2D eigenvalue weighted by Crippen LogP contribution is -2.41. The van der Waals surface area contributed by atoms with Gasteiger partial charge in [-0.1, -0.05) is 36.8 Å². The molecule has 2 heterocycles. The van der Waals surface area contributed by atoms with Crippen LogP contribution in [-0.4, -0.2) is 39.8 Å². The molecular weight excluding hydrogens is 400 g/mol. The molecule has 6 nitrogen and oxygen atoms in total. The van der Waals surface area contributed by atoms with E-state index >= 15 is 0 Å². The van der Waals surface area contributed by atoms with Gasteiger partial charge >= 0.3 is 0 Å². The van der Waals surface area contributed by atoms with Gasteiger partial charge in [0.25, 0.3) is 5.91 Å². The zero-order valence-corrected chi connectivity index (χ0v) is 18.8. The minimum absolute atomic E-state index is 0.129. The number of aromatic nitrogens is 2.